The summed E-state index contributed by atoms with van der Waals surface area (Å²) in [5.74, 6) is -1.33. The number of rotatable bonds is 16. The first-order chi connectivity index (χ1) is 29.7. The van der Waals surface area contributed by atoms with E-state index in [-0.39, 0.29) is 18.7 Å². The number of esters is 2. The summed E-state index contributed by atoms with van der Waals surface area (Å²) in [6.07, 6.45) is 11.5. The van der Waals surface area contributed by atoms with Crippen LogP contribution in [0.15, 0.2) is 142 Å². The number of benzene rings is 4. The number of methoxy groups -OCH3 is 2. The van der Waals surface area contributed by atoms with Gasteiger partial charge in [-0.2, -0.15) is 13.0 Å². The lowest BCUT2D eigenvalue weighted by atomic mass is 10.1. The molecule has 5 aromatic rings. The average molecular weight is 913 g/mol. The number of nitrogens with zero attached hydrogens (tertiary/aromatic N) is 3. The van der Waals surface area contributed by atoms with Crippen LogP contribution in [0.2, 0.25) is 0 Å². The average Bonchev–Trinajstić information content (AvgIpc) is 3.93. The van der Waals surface area contributed by atoms with E-state index in [1.165, 1.54) is 32.2 Å². The number of hydrogen-bond donors (Lipinski definition) is 1. The van der Waals surface area contributed by atoms with E-state index in [1.807, 2.05) is 59.5 Å². The van der Waals surface area contributed by atoms with E-state index in [2.05, 4.69) is 52.0 Å². The Morgan fingerprint density at radius 3 is 2.08 bits per heavy atom. The third-order valence-corrected chi connectivity index (χ3v) is 14.5. The van der Waals surface area contributed by atoms with E-state index in [4.69, 9.17) is 9.47 Å². The van der Waals surface area contributed by atoms with Gasteiger partial charge in [0, 0.05) is 47.6 Å². The Labute approximate surface area is 370 Å². The molecule has 0 fully saturated rings. The summed E-state index contributed by atoms with van der Waals surface area (Å²) in [7, 11) is -4.73. The van der Waals surface area contributed by atoms with Crippen molar-refractivity contribution in [2.24, 2.45) is 0 Å². The molecule has 7 rings (SSSR count). The predicted octanol–water partition coefficient (Wildman–Crippen LogP) is 8.75. The van der Waals surface area contributed by atoms with Crippen LogP contribution < -0.4 is 14.4 Å². The molecule has 2 heterocycles. The van der Waals surface area contributed by atoms with Gasteiger partial charge >= 0.3 is 11.9 Å². The molecular formula is C46H46N3O9S4+. The Balaban J connectivity index is 1.35. The second kappa shape index (κ2) is 19.3. The van der Waals surface area contributed by atoms with E-state index in [0.717, 1.165) is 59.1 Å². The van der Waals surface area contributed by atoms with Crippen molar-refractivity contribution in [3.8, 4) is 0 Å². The van der Waals surface area contributed by atoms with Crippen molar-refractivity contribution in [2.45, 2.75) is 37.1 Å². The van der Waals surface area contributed by atoms with Crippen LogP contribution in [0.5, 0.6) is 0 Å². The highest BCUT2D eigenvalue weighted by molar-refractivity contribution is 8.03. The molecule has 1 aromatic heterocycles. The van der Waals surface area contributed by atoms with Gasteiger partial charge in [-0.25, -0.2) is 18.0 Å². The van der Waals surface area contributed by atoms with Gasteiger partial charge in [-0.15, -0.1) is 0 Å². The second-order valence-electron chi connectivity index (χ2n) is 14.7. The number of aryl methyl sites for hydroxylation is 1. The molecule has 2 aliphatic rings. The van der Waals surface area contributed by atoms with Crippen molar-refractivity contribution in [1.82, 2.24) is 0 Å². The Kier molecular flexibility index (Phi) is 13.8. The summed E-state index contributed by atoms with van der Waals surface area (Å²) in [6.45, 7) is 0.695. The molecule has 1 N–H and O–H groups in total. The minimum Gasteiger partial charge on any atom is -0.465 e. The monoisotopic (exact) mass is 912 g/mol. The molecule has 0 spiro atoms. The molecule has 0 bridgehead atoms. The number of carbonyl (C=O) groups excluding carboxylic acids is 2. The number of anilines is 3. The van der Waals surface area contributed by atoms with Crippen molar-refractivity contribution >= 4 is 88.3 Å². The van der Waals surface area contributed by atoms with Crippen molar-refractivity contribution < 1.29 is 45.0 Å². The molecule has 0 unspecified atom stereocenters. The van der Waals surface area contributed by atoms with Crippen LogP contribution in [0.25, 0.3) is 16.3 Å². The number of sulfone groups is 1. The highest BCUT2D eigenvalue weighted by Gasteiger charge is 2.30. The van der Waals surface area contributed by atoms with Crippen LogP contribution in [0, 0.1) is 0 Å². The maximum absolute atomic E-state index is 12.5. The van der Waals surface area contributed by atoms with E-state index >= 15 is 0 Å². The summed E-state index contributed by atoms with van der Waals surface area (Å²) in [4.78, 5) is 30.2. The first-order valence-electron chi connectivity index (χ1n) is 19.8. The van der Waals surface area contributed by atoms with Gasteiger partial charge in [0.05, 0.1) is 53.3 Å². The Morgan fingerprint density at radius 1 is 0.806 bits per heavy atom. The van der Waals surface area contributed by atoms with Crippen molar-refractivity contribution in [1.29, 1.82) is 0 Å². The van der Waals surface area contributed by atoms with Gasteiger partial charge in [0.1, 0.15) is 14.5 Å². The minimum atomic E-state index is -4.19. The number of carbonyl (C=O) groups is 2. The van der Waals surface area contributed by atoms with Crippen LogP contribution in [-0.4, -0.2) is 71.9 Å². The lowest BCUT2D eigenvalue weighted by molar-refractivity contribution is -0.668. The molecule has 1 aliphatic carbocycles. The molecule has 0 atom stereocenters. The third kappa shape index (κ3) is 10.6. The second-order valence-corrected chi connectivity index (χ2v) is 20.7. The molecule has 62 heavy (non-hydrogen) atoms. The molecule has 4 aromatic carbocycles. The molecule has 0 radical (unpaired) electrons. The highest BCUT2D eigenvalue weighted by Crippen LogP contribution is 2.47. The molecule has 0 saturated heterocycles. The fourth-order valence-electron chi connectivity index (χ4n) is 7.52. The number of thioether (sulfide) groups is 1. The van der Waals surface area contributed by atoms with E-state index in [1.54, 1.807) is 35.6 Å². The molecular weight excluding hydrogens is 867 g/mol. The summed E-state index contributed by atoms with van der Waals surface area (Å²) >= 11 is 3.06. The maximum Gasteiger partial charge on any atom is 0.338 e. The van der Waals surface area contributed by atoms with Crippen molar-refractivity contribution in [3.63, 3.8) is 0 Å². The van der Waals surface area contributed by atoms with Gasteiger partial charge in [-0.05, 0) is 97.2 Å². The van der Waals surface area contributed by atoms with E-state index < -0.39 is 37.6 Å². The smallest absolute Gasteiger partial charge is 0.338 e. The van der Waals surface area contributed by atoms with Crippen LogP contribution in [0.3, 0.4) is 0 Å². The predicted molar refractivity (Wildman–Crippen MR) is 246 cm³/mol. The number of para-hydroxylation sites is 2. The minimum absolute atomic E-state index is 0.0209. The number of allylic oxidation sites excluding steroid dienone is 5. The Bertz CT molecular complexity index is 2810. The van der Waals surface area contributed by atoms with Crippen LogP contribution in [-0.2, 0) is 36.0 Å². The summed E-state index contributed by atoms with van der Waals surface area (Å²) in [6, 6.07) is 30.9. The van der Waals surface area contributed by atoms with Gasteiger partial charge in [-0.3, -0.25) is 4.55 Å². The van der Waals surface area contributed by atoms with Gasteiger partial charge in [-0.1, -0.05) is 65.6 Å². The van der Waals surface area contributed by atoms with Gasteiger partial charge < -0.3 is 19.3 Å². The van der Waals surface area contributed by atoms with Crippen molar-refractivity contribution in [3.05, 3.63) is 153 Å². The lowest BCUT2D eigenvalue weighted by Gasteiger charge is -2.28. The highest BCUT2D eigenvalue weighted by atomic mass is 32.2. The van der Waals surface area contributed by atoms with Gasteiger partial charge in [0.15, 0.2) is 6.54 Å². The largest absolute Gasteiger partial charge is 0.465 e. The fraction of sp³-hybridized carbons (Fsp3) is 0.239. The first kappa shape index (κ1) is 44.5. The molecule has 16 heteroatoms. The van der Waals surface area contributed by atoms with E-state index in [0.29, 0.717) is 36.9 Å². The van der Waals surface area contributed by atoms with Crippen LogP contribution in [0.1, 0.15) is 51.4 Å². The normalized spacial score (nSPS) is 15.6. The topological polar surface area (TPSA) is 151 Å². The number of hydrogen-bond acceptors (Lipinski definition) is 12. The molecule has 12 nitrogen and oxygen atoms in total. The third-order valence-electron chi connectivity index (χ3n) is 10.4. The fourth-order valence-corrected chi connectivity index (χ4v) is 10.8. The zero-order valence-corrected chi connectivity index (χ0v) is 37.7. The Morgan fingerprint density at radius 2 is 1.45 bits per heavy atom. The van der Waals surface area contributed by atoms with E-state index in [9.17, 15) is 31.0 Å². The SMILES string of the molecule is COC(=O)c1ccc2c(c1)N(CCCS(=O)(=O)O)/C(=C\C=C1/CCC(/C=C/c3sc4ccc(C(=O)OC)cc4[n+]3CCCS(C)(=O)=O)=C1N(c1ccccc1)c1ccccc1)S2. The quantitative estimate of drug-likeness (QED) is 0.0573. The zero-order chi connectivity index (χ0) is 44.0. The maximum atomic E-state index is 12.5. The molecule has 1 aliphatic heterocycles. The molecule has 0 saturated carbocycles. The van der Waals surface area contributed by atoms with Gasteiger partial charge in [0.2, 0.25) is 5.52 Å². The molecule has 0 amide bonds. The van der Waals surface area contributed by atoms with Crippen LogP contribution >= 0.6 is 23.1 Å². The summed E-state index contributed by atoms with van der Waals surface area (Å²) < 4.78 is 70.2. The summed E-state index contributed by atoms with van der Waals surface area (Å²) in [5.41, 5.74) is 7.33. The van der Waals surface area contributed by atoms with Crippen LogP contribution in [0.4, 0.5) is 17.1 Å². The Hall–Kier alpha value is -5.52. The molecule has 322 valence electrons. The first-order valence-corrected chi connectivity index (χ1v) is 25.1. The van der Waals surface area contributed by atoms with Crippen molar-refractivity contribution in [2.75, 3.05) is 48.3 Å². The number of aromatic nitrogens is 1. The van der Waals surface area contributed by atoms with Gasteiger partial charge in [0.25, 0.3) is 15.1 Å². The summed E-state index contributed by atoms with van der Waals surface area (Å²) in [5, 5.41) is 1.71. The number of ether oxygens (including phenoxy) is 2. The number of thiazole rings is 1. The number of fused-ring (bicyclic) bond motifs is 2. The standard InChI is InChI=1S/C46H45N3O9S4/c1-57-45(50)34-18-22-40-38(30-34)47(26-10-28-61(3,52)53)42(59-40)24-20-32-16-17-33(44(32)49(36-12-6-4-7-13-36)37-14-8-5-9-15-37)21-25-43-48(27-11-29-62(54,55)56)39-31-35(46(51)58-2)19-23-41(39)60-43/h4-9,12-15,18-25,30-31H,10-11,16-17,26-29H2,1-3H3/p+1. The zero-order valence-electron chi connectivity index (χ0n) is 34.4. The lowest BCUT2D eigenvalue weighted by Crippen LogP contribution is -2.36.